The molecule has 1 aliphatic heterocycles. The largest absolute Gasteiger partial charge is 0.472 e. The number of pyridine rings is 1. The van der Waals surface area contributed by atoms with Crippen LogP contribution in [0.2, 0.25) is 5.02 Å². The number of hydrogen-bond donors (Lipinski definition) is 1. The second kappa shape index (κ2) is 7.09. The predicted octanol–water partition coefficient (Wildman–Crippen LogP) is 3.13. The third-order valence-electron chi connectivity index (χ3n) is 5.38. The Balaban J connectivity index is 1.67. The van der Waals surface area contributed by atoms with Crippen LogP contribution in [-0.2, 0) is 19.6 Å². The highest BCUT2D eigenvalue weighted by atomic mass is 35.5. The van der Waals surface area contributed by atoms with E-state index in [-0.39, 0.29) is 11.1 Å². The topological polar surface area (TPSA) is 76.2 Å². The molecule has 8 heteroatoms. The van der Waals surface area contributed by atoms with Crippen LogP contribution in [0, 0.1) is 0 Å². The molecule has 1 N–H and O–H groups in total. The van der Waals surface area contributed by atoms with Gasteiger partial charge in [-0.05, 0) is 24.6 Å². The minimum Gasteiger partial charge on any atom is -0.472 e. The van der Waals surface area contributed by atoms with Gasteiger partial charge in [-0.2, -0.15) is 0 Å². The second-order valence-corrected chi connectivity index (χ2v) is 7.68. The first kappa shape index (κ1) is 18.0. The Labute approximate surface area is 170 Å². The van der Waals surface area contributed by atoms with E-state index in [0.717, 1.165) is 24.2 Å². The third kappa shape index (κ3) is 3.12. The number of aromatic amines is 1. The molecule has 0 bridgehead atoms. The van der Waals surface area contributed by atoms with Crippen molar-refractivity contribution in [3.05, 3.63) is 85.9 Å². The molecule has 0 spiro atoms. The van der Waals surface area contributed by atoms with Crippen LogP contribution in [0.15, 0.2) is 62.9 Å². The van der Waals surface area contributed by atoms with Crippen LogP contribution < -0.4 is 11.1 Å². The van der Waals surface area contributed by atoms with Gasteiger partial charge in [0.1, 0.15) is 0 Å². The summed E-state index contributed by atoms with van der Waals surface area (Å²) in [5.41, 5.74) is 2.57. The maximum absolute atomic E-state index is 13.3. The van der Waals surface area contributed by atoms with Gasteiger partial charge < -0.3 is 8.98 Å². The van der Waals surface area contributed by atoms with Crippen molar-refractivity contribution in [1.29, 1.82) is 0 Å². The Kier molecular flexibility index (Phi) is 4.41. The first-order valence-corrected chi connectivity index (χ1v) is 9.85. The average molecular weight is 411 g/mol. The van der Waals surface area contributed by atoms with E-state index in [1.165, 1.54) is 10.7 Å². The van der Waals surface area contributed by atoms with Crippen molar-refractivity contribution in [1.82, 2.24) is 19.2 Å². The molecule has 0 fully saturated rings. The second-order valence-electron chi connectivity index (χ2n) is 7.27. The van der Waals surface area contributed by atoms with E-state index in [1.54, 1.807) is 29.2 Å². The molecular formula is C21H19ClN4O3. The van der Waals surface area contributed by atoms with Gasteiger partial charge in [0.25, 0.3) is 11.1 Å². The number of aromatic nitrogens is 3. The Hall–Kier alpha value is -3.03. The summed E-state index contributed by atoms with van der Waals surface area (Å²) >= 11 is 6.30. The molecule has 0 atom stereocenters. The van der Waals surface area contributed by atoms with Gasteiger partial charge in [0, 0.05) is 37.8 Å². The molecule has 0 aliphatic carbocycles. The van der Waals surface area contributed by atoms with Crippen LogP contribution >= 0.6 is 11.6 Å². The molecule has 5 rings (SSSR count). The zero-order valence-electron chi connectivity index (χ0n) is 15.6. The minimum absolute atomic E-state index is 0.106. The number of hydrogen-bond acceptors (Lipinski definition) is 4. The van der Waals surface area contributed by atoms with E-state index >= 15 is 0 Å². The quantitative estimate of drug-likeness (QED) is 0.563. The molecule has 1 aliphatic rings. The molecule has 4 heterocycles. The fraction of sp³-hybridized carbons (Fsp3) is 0.238. The molecule has 1 aromatic carbocycles. The van der Waals surface area contributed by atoms with E-state index in [1.807, 2.05) is 18.2 Å². The molecular weight excluding hydrogens is 392 g/mol. The zero-order valence-corrected chi connectivity index (χ0v) is 16.4. The molecule has 4 aromatic rings. The summed E-state index contributed by atoms with van der Waals surface area (Å²) < 4.78 is 8.32. The first-order chi connectivity index (χ1) is 14.1. The zero-order chi connectivity index (χ0) is 20.0. The van der Waals surface area contributed by atoms with E-state index in [2.05, 4.69) is 10.00 Å². The summed E-state index contributed by atoms with van der Waals surface area (Å²) in [5, 5.41) is 4.06. The smallest absolute Gasteiger partial charge is 0.280 e. The molecule has 7 nitrogen and oxygen atoms in total. The van der Waals surface area contributed by atoms with E-state index in [4.69, 9.17) is 16.0 Å². The summed E-state index contributed by atoms with van der Waals surface area (Å²) in [6.45, 7) is 2.62. The number of H-pyrrole nitrogens is 1. The van der Waals surface area contributed by atoms with Gasteiger partial charge in [-0.15, -0.1) is 0 Å². The fourth-order valence-electron chi connectivity index (χ4n) is 4.04. The molecule has 0 unspecified atom stereocenters. The first-order valence-electron chi connectivity index (χ1n) is 9.47. The van der Waals surface area contributed by atoms with Crippen LogP contribution in [0.5, 0.6) is 0 Å². The standard InChI is InChI=1S/C21H19ClN4O3/c22-15-4-1-2-5-17(15)26-21(28)20-16(23-26)10-19(27)25-8-3-7-24(12-18(20)25)11-14-6-9-29-13-14/h1-2,4-6,9-10,13,23H,3,7-8,11-12H2. The number of furan rings is 1. The normalized spacial score (nSPS) is 14.8. The van der Waals surface area contributed by atoms with Gasteiger partial charge in [0.15, 0.2) is 0 Å². The lowest BCUT2D eigenvalue weighted by molar-refractivity contribution is 0.261. The Morgan fingerprint density at radius 1 is 1.14 bits per heavy atom. The van der Waals surface area contributed by atoms with Crippen LogP contribution in [0.1, 0.15) is 17.7 Å². The van der Waals surface area contributed by atoms with Gasteiger partial charge in [0.2, 0.25) is 0 Å². The Bertz CT molecular complexity index is 1300. The van der Waals surface area contributed by atoms with Gasteiger partial charge >= 0.3 is 0 Å². The number of benzene rings is 1. The molecule has 0 saturated carbocycles. The lowest BCUT2D eigenvalue weighted by atomic mass is 10.2. The van der Waals surface area contributed by atoms with Crippen molar-refractivity contribution < 1.29 is 4.42 Å². The third-order valence-corrected chi connectivity index (χ3v) is 5.70. The van der Waals surface area contributed by atoms with Crippen molar-refractivity contribution in [2.45, 2.75) is 26.1 Å². The van der Waals surface area contributed by atoms with Crippen molar-refractivity contribution in [2.24, 2.45) is 0 Å². The highest BCUT2D eigenvalue weighted by Gasteiger charge is 2.23. The summed E-state index contributed by atoms with van der Waals surface area (Å²) in [5.74, 6) is 0. The van der Waals surface area contributed by atoms with Gasteiger partial charge in [-0.3, -0.25) is 19.6 Å². The summed E-state index contributed by atoms with van der Waals surface area (Å²) in [6, 6.07) is 10.6. The Morgan fingerprint density at radius 3 is 2.79 bits per heavy atom. The number of fused-ring (bicyclic) bond motifs is 3. The van der Waals surface area contributed by atoms with E-state index in [9.17, 15) is 9.59 Å². The highest BCUT2D eigenvalue weighted by Crippen LogP contribution is 2.22. The number of nitrogens with zero attached hydrogens (tertiary/aromatic N) is 3. The van der Waals surface area contributed by atoms with Crippen molar-refractivity contribution >= 4 is 22.5 Å². The Morgan fingerprint density at radius 2 is 2.00 bits per heavy atom. The predicted molar refractivity (Wildman–Crippen MR) is 111 cm³/mol. The lowest BCUT2D eigenvalue weighted by Gasteiger charge is -2.19. The highest BCUT2D eigenvalue weighted by molar-refractivity contribution is 6.32. The van der Waals surface area contributed by atoms with Crippen LogP contribution in [-0.4, -0.2) is 25.8 Å². The molecule has 3 aromatic heterocycles. The van der Waals surface area contributed by atoms with Crippen molar-refractivity contribution in [3.63, 3.8) is 0 Å². The summed E-state index contributed by atoms with van der Waals surface area (Å²) in [7, 11) is 0. The van der Waals surface area contributed by atoms with E-state index in [0.29, 0.717) is 41.2 Å². The van der Waals surface area contributed by atoms with Gasteiger partial charge in [-0.25, -0.2) is 4.68 Å². The molecule has 0 radical (unpaired) electrons. The lowest BCUT2D eigenvalue weighted by Crippen LogP contribution is -2.27. The summed E-state index contributed by atoms with van der Waals surface area (Å²) in [6.07, 6.45) is 4.21. The number of para-hydroxylation sites is 1. The van der Waals surface area contributed by atoms with Crippen LogP contribution in [0.3, 0.4) is 0 Å². The molecule has 0 saturated heterocycles. The van der Waals surface area contributed by atoms with Gasteiger partial charge in [-0.1, -0.05) is 23.7 Å². The molecule has 0 amide bonds. The van der Waals surface area contributed by atoms with Gasteiger partial charge in [0.05, 0.1) is 39.8 Å². The average Bonchev–Trinajstić information content (AvgIpc) is 3.25. The van der Waals surface area contributed by atoms with Crippen LogP contribution in [0.4, 0.5) is 0 Å². The van der Waals surface area contributed by atoms with E-state index < -0.39 is 0 Å². The summed E-state index contributed by atoms with van der Waals surface area (Å²) in [4.78, 5) is 28.3. The fourth-order valence-corrected chi connectivity index (χ4v) is 4.26. The monoisotopic (exact) mass is 410 g/mol. The SMILES string of the molecule is O=c1c2c3n(c(=O)cc2[nH]n1-c1ccccc1Cl)CCCN(Cc1ccoc1)C3. The molecule has 29 heavy (non-hydrogen) atoms. The number of rotatable bonds is 3. The maximum Gasteiger partial charge on any atom is 0.280 e. The number of halogens is 1. The number of nitrogens with one attached hydrogen (secondary N) is 1. The molecule has 148 valence electrons. The maximum atomic E-state index is 13.3. The minimum atomic E-state index is -0.206. The van der Waals surface area contributed by atoms with Crippen molar-refractivity contribution in [2.75, 3.05) is 6.54 Å². The van der Waals surface area contributed by atoms with Crippen molar-refractivity contribution in [3.8, 4) is 5.69 Å². The van der Waals surface area contributed by atoms with Crippen LogP contribution in [0.25, 0.3) is 16.6 Å².